The summed E-state index contributed by atoms with van der Waals surface area (Å²) >= 11 is 0. The van der Waals surface area contributed by atoms with Gasteiger partial charge < -0.3 is 10.6 Å². The van der Waals surface area contributed by atoms with Crippen LogP contribution in [0.2, 0.25) is 0 Å². The Labute approximate surface area is 200 Å². The van der Waals surface area contributed by atoms with Crippen LogP contribution in [0.15, 0.2) is 79.4 Å². The molecule has 35 heavy (non-hydrogen) atoms. The number of aryl methyl sites for hydroxylation is 2. The van der Waals surface area contributed by atoms with E-state index in [0.717, 1.165) is 17.1 Å². The first kappa shape index (κ1) is 22.0. The molecule has 0 aliphatic rings. The van der Waals surface area contributed by atoms with Crippen LogP contribution in [0.5, 0.6) is 0 Å². The van der Waals surface area contributed by atoms with E-state index in [1.165, 1.54) is 23.1 Å². The number of hydrogen-bond acceptors (Lipinski definition) is 6. The summed E-state index contributed by atoms with van der Waals surface area (Å²) in [5.74, 6) is 1.54. The average molecular weight is 468 g/mol. The fourth-order valence-corrected chi connectivity index (χ4v) is 3.59. The lowest BCUT2D eigenvalue weighted by Gasteiger charge is -2.10. The molecule has 0 aliphatic heterocycles. The van der Waals surface area contributed by atoms with Crippen molar-refractivity contribution in [1.82, 2.24) is 29.3 Å². The number of imidazole rings is 1. The highest BCUT2D eigenvalue weighted by molar-refractivity contribution is 6.03. The van der Waals surface area contributed by atoms with Gasteiger partial charge in [-0.1, -0.05) is 0 Å². The van der Waals surface area contributed by atoms with Crippen LogP contribution in [0, 0.1) is 12.7 Å². The third kappa shape index (κ3) is 4.76. The lowest BCUT2D eigenvalue weighted by Crippen LogP contribution is -2.16. The second kappa shape index (κ2) is 9.18. The fourth-order valence-electron chi connectivity index (χ4n) is 3.59. The van der Waals surface area contributed by atoms with E-state index in [9.17, 15) is 9.18 Å². The zero-order chi connectivity index (χ0) is 24.4. The van der Waals surface area contributed by atoms with E-state index in [2.05, 4.69) is 30.7 Å². The molecule has 3 heterocycles. The van der Waals surface area contributed by atoms with Gasteiger partial charge in [0.2, 0.25) is 0 Å². The Balaban J connectivity index is 1.27. The van der Waals surface area contributed by atoms with Crippen molar-refractivity contribution in [2.75, 3.05) is 10.6 Å². The first-order chi connectivity index (χ1) is 17.0. The Kier molecular flexibility index (Phi) is 5.76. The summed E-state index contributed by atoms with van der Waals surface area (Å²) in [5.41, 5.74) is 3.13. The van der Waals surface area contributed by atoms with Crippen molar-refractivity contribution < 1.29 is 9.18 Å². The van der Waals surface area contributed by atoms with Gasteiger partial charge in [0, 0.05) is 42.4 Å². The van der Waals surface area contributed by atoms with Crippen molar-refractivity contribution in [2.24, 2.45) is 7.05 Å². The molecule has 0 radical (unpaired) electrons. The zero-order valence-electron chi connectivity index (χ0n) is 19.0. The van der Waals surface area contributed by atoms with E-state index in [4.69, 9.17) is 0 Å². The van der Waals surface area contributed by atoms with Crippen molar-refractivity contribution in [3.63, 3.8) is 0 Å². The molecule has 9 nitrogen and oxygen atoms in total. The third-order valence-corrected chi connectivity index (χ3v) is 5.39. The molecule has 0 atom stereocenters. The molecule has 0 spiro atoms. The van der Waals surface area contributed by atoms with Gasteiger partial charge in [-0.3, -0.25) is 14.0 Å². The smallest absolute Gasteiger partial charge is 0.273 e. The number of benzene rings is 2. The number of rotatable bonds is 6. The topological polar surface area (TPSA) is 103 Å². The standard InChI is InChI=1S/C25H21FN8O/c1-16-27-11-12-34(16)24-14-23(28-15-29-24)30-19-7-9-20(10-8-19)31-25(35)22-13-21(32-33(22)2)17-3-5-18(26)6-4-17/h3-15H,1-2H3,(H,31,35)(H,28,29,30). The van der Waals surface area contributed by atoms with E-state index >= 15 is 0 Å². The summed E-state index contributed by atoms with van der Waals surface area (Å²) in [7, 11) is 1.69. The Morgan fingerprint density at radius 3 is 2.40 bits per heavy atom. The van der Waals surface area contributed by atoms with E-state index in [0.29, 0.717) is 28.7 Å². The molecule has 10 heteroatoms. The van der Waals surface area contributed by atoms with Gasteiger partial charge in [0.15, 0.2) is 0 Å². The average Bonchev–Trinajstić information content (AvgIpc) is 3.46. The van der Waals surface area contributed by atoms with Crippen LogP contribution in [0.25, 0.3) is 17.1 Å². The Morgan fingerprint density at radius 2 is 1.69 bits per heavy atom. The van der Waals surface area contributed by atoms with Gasteiger partial charge in [-0.25, -0.2) is 19.3 Å². The van der Waals surface area contributed by atoms with E-state index in [1.54, 1.807) is 43.6 Å². The SMILES string of the molecule is Cc1nccn1-c1cc(Nc2ccc(NC(=O)c3cc(-c4ccc(F)cc4)nn3C)cc2)ncn1. The summed E-state index contributed by atoms with van der Waals surface area (Å²) < 4.78 is 16.6. The molecule has 0 saturated heterocycles. The maximum Gasteiger partial charge on any atom is 0.273 e. The predicted molar refractivity (Wildman–Crippen MR) is 130 cm³/mol. The largest absolute Gasteiger partial charge is 0.340 e. The molecule has 2 N–H and O–H groups in total. The summed E-state index contributed by atoms with van der Waals surface area (Å²) in [6.45, 7) is 1.90. The van der Waals surface area contributed by atoms with Gasteiger partial charge in [-0.05, 0) is 61.5 Å². The van der Waals surface area contributed by atoms with Crippen LogP contribution in [-0.2, 0) is 7.05 Å². The van der Waals surface area contributed by atoms with Gasteiger partial charge in [-0.2, -0.15) is 5.10 Å². The lowest BCUT2D eigenvalue weighted by atomic mass is 10.1. The van der Waals surface area contributed by atoms with Crippen LogP contribution in [0.3, 0.4) is 0 Å². The Morgan fingerprint density at radius 1 is 0.943 bits per heavy atom. The van der Waals surface area contributed by atoms with E-state index in [-0.39, 0.29) is 11.7 Å². The van der Waals surface area contributed by atoms with Crippen molar-refractivity contribution >= 4 is 23.1 Å². The van der Waals surface area contributed by atoms with Crippen LogP contribution in [0.1, 0.15) is 16.3 Å². The molecule has 2 aromatic carbocycles. The minimum Gasteiger partial charge on any atom is -0.340 e. The van der Waals surface area contributed by atoms with Gasteiger partial charge >= 0.3 is 0 Å². The maximum absolute atomic E-state index is 13.2. The molecule has 3 aromatic heterocycles. The number of carbonyl (C=O) groups is 1. The molecule has 174 valence electrons. The number of hydrogen-bond donors (Lipinski definition) is 2. The van der Waals surface area contributed by atoms with Crippen molar-refractivity contribution in [3.8, 4) is 17.1 Å². The van der Waals surface area contributed by atoms with Gasteiger partial charge in [0.05, 0.1) is 5.69 Å². The minimum absolute atomic E-state index is 0.301. The van der Waals surface area contributed by atoms with Crippen molar-refractivity contribution in [2.45, 2.75) is 6.92 Å². The second-order valence-electron chi connectivity index (χ2n) is 7.81. The lowest BCUT2D eigenvalue weighted by molar-refractivity contribution is 0.101. The quantitative estimate of drug-likeness (QED) is 0.380. The summed E-state index contributed by atoms with van der Waals surface area (Å²) in [5, 5.41) is 10.5. The Bertz CT molecular complexity index is 1490. The number of aromatic nitrogens is 6. The van der Waals surface area contributed by atoms with Crippen LogP contribution < -0.4 is 10.6 Å². The number of nitrogens with one attached hydrogen (secondary N) is 2. The van der Waals surface area contributed by atoms with Gasteiger partial charge in [-0.15, -0.1) is 0 Å². The van der Waals surface area contributed by atoms with Crippen molar-refractivity contribution in [1.29, 1.82) is 0 Å². The molecule has 0 saturated carbocycles. The molecular formula is C25H21FN8O. The predicted octanol–water partition coefficient (Wildman–Crippen LogP) is 4.51. The number of carbonyl (C=O) groups excluding carboxylic acids is 1. The number of anilines is 3. The Hall–Kier alpha value is -4.86. The van der Waals surface area contributed by atoms with Crippen molar-refractivity contribution in [3.05, 3.63) is 96.7 Å². The third-order valence-electron chi connectivity index (χ3n) is 5.39. The van der Waals surface area contributed by atoms with Gasteiger partial charge in [0.1, 0.15) is 35.3 Å². The molecule has 0 bridgehead atoms. The molecule has 0 aliphatic carbocycles. The molecular weight excluding hydrogens is 447 g/mol. The summed E-state index contributed by atoms with van der Waals surface area (Å²) in [4.78, 5) is 25.6. The first-order valence-corrected chi connectivity index (χ1v) is 10.8. The van der Waals surface area contributed by atoms with Crippen LogP contribution in [-0.4, -0.2) is 35.2 Å². The molecule has 5 aromatic rings. The number of amides is 1. The number of halogens is 1. The normalized spacial score (nSPS) is 10.8. The van der Waals surface area contributed by atoms with Gasteiger partial charge in [0.25, 0.3) is 5.91 Å². The second-order valence-corrected chi connectivity index (χ2v) is 7.81. The summed E-state index contributed by atoms with van der Waals surface area (Å²) in [6.07, 6.45) is 5.04. The highest BCUT2D eigenvalue weighted by atomic mass is 19.1. The van der Waals surface area contributed by atoms with Crippen LogP contribution >= 0.6 is 0 Å². The minimum atomic E-state index is -0.325. The molecule has 0 fully saturated rings. The fraction of sp³-hybridized carbons (Fsp3) is 0.0800. The first-order valence-electron chi connectivity index (χ1n) is 10.8. The summed E-state index contributed by atoms with van der Waals surface area (Å²) in [6, 6.07) is 16.7. The van der Waals surface area contributed by atoms with E-state index in [1.807, 2.05) is 35.9 Å². The molecule has 0 unspecified atom stereocenters. The van der Waals surface area contributed by atoms with E-state index < -0.39 is 0 Å². The maximum atomic E-state index is 13.2. The number of nitrogens with zero attached hydrogens (tertiary/aromatic N) is 6. The highest BCUT2D eigenvalue weighted by Gasteiger charge is 2.15. The molecule has 5 rings (SSSR count). The van der Waals surface area contributed by atoms with Crippen LogP contribution in [0.4, 0.5) is 21.6 Å². The monoisotopic (exact) mass is 468 g/mol. The highest BCUT2D eigenvalue weighted by Crippen LogP contribution is 2.22. The zero-order valence-corrected chi connectivity index (χ0v) is 19.0. The molecule has 1 amide bonds.